The maximum Gasteiger partial charge on any atom is 0.416 e. The second kappa shape index (κ2) is 13.2. The lowest BCUT2D eigenvalue weighted by Gasteiger charge is -2.17. The first-order valence-electron chi connectivity index (χ1n) is 14.1. The van der Waals surface area contributed by atoms with Crippen LogP contribution in [0.25, 0.3) is 10.9 Å². The third-order valence-electron chi connectivity index (χ3n) is 7.32. The Morgan fingerprint density at radius 2 is 1.41 bits per heavy atom. The smallest absolute Gasteiger partial charge is 0.416 e. The summed E-state index contributed by atoms with van der Waals surface area (Å²) in [5, 5.41) is 20.9. The first kappa shape index (κ1) is 34.2. The van der Waals surface area contributed by atoms with Crippen molar-refractivity contribution in [2.45, 2.75) is 25.5 Å². The van der Waals surface area contributed by atoms with Crippen molar-refractivity contribution in [2.75, 3.05) is 5.32 Å². The molecule has 1 amide bonds. The number of amides is 1. The van der Waals surface area contributed by atoms with Crippen LogP contribution in [0.3, 0.4) is 0 Å². The second-order valence-electron chi connectivity index (χ2n) is 10.7. The number of halogens is 6. The molecule has 0 radical (unpaired) electrons. The number of aromatic nitrogens is 1. The van der Waals surface area contributed by atoms with Gasteiger partial charge < -0.3 is 24.8 Å². The lowest BCUT2D eigenvalue weighted by atomic mass is 10.0. The summed E-state index contributed by atoms with van der Waals surface area (Å²) in [6, 6.07) is 17.0. The highest BCUT2D eigenvalue weighted by atomic mass is 19.4. The number of carbonyl (C=O) groups is 4. The van der Waals surface area contributed by atoms with Crippen LogP contribution in [0.5, 0.6) is 5.75 Å². The topological polar surface area (TPSA) is 135 Å². The van der Waals surface area contributed by atoms with E-state index in [1.165, 1.54) is 18.2 Å². The molecule has 1 heterocycles. The van der Waals surface area contributed by atoms with E-state index in [9.17, 15) is 55.7 Å². The van der Waals surface area contributed by atoms with Crippen LogP contribution in [0, 0.1) is 0 Å². The molecule has 0 atom stereocenters. The molecule has 0 aliphatic rings. The Hall–Kier alpha value is -6.12. The summed E-state index contributed by atoms with van der Waals surface area (Å²) in [6.07, 6.45) is -9.16. The molecule has 0 bridgehead atoms. The van der Waals surface area contributed by atoms with E-state index in [-0.39, 0.29) is 40.6 Å². The summed E-state index contributed by atoms with van der Waals surface area (Å²) in [6.45, 7) is -0.575. The average molecular weight is 685 g/mol. The van der Waals surface area contributed by atoms with Gasteiger partial charge in [-0.3, -0.25) is 9.59 Å². The van der Waals surface area contributed by atoms with Crippen LogP contribution in [0.4, 0.5) is 32.0 Å². The van der Waals surface area contributed by atoms with Crippen molar-refractivity contribution in [3.05, 3.63) is 130 Å². The molecule has 4 aromatic carbocycles. The summed E-state index contributed by atoms with van der Waals surface area (Å²) < 4.78 is 88.6. The normalized spacial score (nSPS) is 11.7. The van der Waals surface area contributed by atoms with Crippen molar-refractivity contribution in [3.8, 4) is 5.75 Å². The molecule has 5 rings (SSSR count). The molecule has 3 N–H and O–H groups in total. The Morgan fingerprint density at radius 3 is 2.00 bits per heavy atom. The van der Waals surface area contributed by atoms with Crippen molar-refractivity contribution in [3.63, 3.8) is 0 Å². The zero-order chi connectivity index (χ0) is 35.7. The highest BCUT2D eigenvalue weighted by Gasteiger charge is 2.38. The van der Waals surface area contributed by atoms with Gasteiger partial charge in [0.05, 0.1) is 27.8 Å². The van der Waals surface area contributed by atoms with E-state index in [1.807, 2.05) is 0 Å². The Kier molecular flexibility index (Phi) is 9.20. The lowest BCUT2D eigenvalue weighted by molar-refractivity contribution is -0.143. The van der Waals surface area contributed by atoms with E-state index in [2.05, 4.69) is 5.32 Å². The third kappa shape index (κ3) is 7.72. The van der Waals surface area contributed by atoms with Crippen LogP contribution in [0.1, 0.15) is 53.3 Å². The minimum absolute atomic E-state index is 0.00726. The highest BCUT2D eigenvalue weighted by Crippen LogP contribution is 2.38. The minimum atomic E-state index is -5.17. The van der Waals surface area contributed by atoms with Crippen LogP contribution in [-0.2, 0) is 30.3 Å². The van der Waals surface area contributed by atoms with Gasteiger partial charge in [0.1, 0.15) is 12.4 Å². The van der Waals surface area contributed by atoms with E-state index < -0.39 is 70.3 Å². The molecule has 49 heavy (non-hydrogen) atoms. The average Bonchev–Trinajstić information content (AvgIpc) is 3.40. The molecule has 1 aromatic heterocycles. The van der Waals surface area contributed by atoms with Crippen molar-refractivity contribution in [1.29, 1.82) is 0 Å². The summed E-state index contributed by atoms with van der Waals surface area (Å²) in [5.41, 5.74) is -4.40. The van der Waals surface area contributed by atoms with Gasteiger partial charge in [-0.2, -0.15) is 26.3 Å². The fraction of sp³-hybridized carbons (Fsp3) is 0.118. The number of benzene rings is 4. The standard InChI is InChI=1S/C34H22F6N2O7/c35-33(36,37)22-7-6-19(27(13-22)34(38,39)40)15-42-16-26(25-14-24(8-9-28(25)42)49-17-18-4-2-1-3-5-18)29(43)30(44)41-23-11-20(31(45)46)10-21(12-23)32(47)48/h1-14,16H,15,17H2,(H,41,44)(H,45,46)(H,47,48). The molecule has 0 aliphatic heterocycles. The van der Waals surface area contributed by atoms with Crippen LogP contribution in [-0.4, -0.2) is 38.4 Å². The number of carboxylic acid groups (broad SMARTS) is 2. The lowest BCUT2D eigenvalue weighted by Crippen LogP contribution is -2.23. The number of anilines is 1. The fourth-order valence-electron chi connectivity index (χ4n) is 5.01. The Labute approximate surface area is 272 Å². The number of hydrogen-bond acceptors (Lipinski definition) is 5. The fourth-order valence-corrected chi connectivity index (χ4v) is 5.01. The zero-order valence-corrected chi connectivity index (χ0v) is 24.7. The summed E-state index contributed by atoms with van der Waals surface area (Å²) in [5.74, 6) is -5.42. The Balaban J connectivity index is 1.56. The molecule has 0 saturated heterocycles. The highest BCUT2D eigenvalue weighted by molar-refractivity contribution is 6.48. The minimum Gasteiger partial charge on any atom is -0.489 e. The molecular formula is C34H22F6N2O7. The first-order valence-corrected chi connectivity index (χ1v) is 14.1. The summed E-state index contributed by atoms with van der Waals surface area (Å²) >= 11 is 0. The summed E-state index contributed by atoms with van der Waals surface area (Å²) in [7, 11) is 0. The summed E-state index contributed by atoms with van der Waals surface area (Å²) in [4.78, 5) is 49.7. The maximum atomic E-state index is 13.9. The monoisotopic (exact) mass is 684 g/mol. The third-order valence-corrected chi connectivity index (χ3v) is 7.32. The number of fused-ring (bicyclic) bond motifs is 1. The van der Waals surface area contributed by atoms with Gasteiger partial charge in [-0.25, -0.2) is 9.59 Å². The van der Waals surface area contributed by atoms with Gasteiger partial charge in [-0.15, -0.1) is 0 Å². The van der Waals surface area contributed by atoms with E-state index in [0.717, 1.165) is 34.5 Å². The SMILES string of the molecule is O=C(Nc1cc(C(=O)O)cc(C(=O)O)c1)C(=O)c1cn(Cc2ccc(C(F)(F)F)cc2C(F)(F)F)c2ccc(OCc3ccccc3)cc12. The molecule has 0 spiro atoms. The van der Waals surface area contributed by atoms with Gasteiger partial charge in [-0.1, -0.05) is 36.4 Å². The predicted molar refractivity (Wildman–Crippen MR) is 162 cm³/mol. The van der Waals surface area contributed by atoms with E-state index in [4.69, 9.17) is 4.74 Å². The molecule has 5 aromatic rings. The molecule has 9 nitrogen and oxygen atoms in total. The van der Waals surface area contributed by atoms with Gasteiger partial charge in [-0.05, 0) is 59.7 Å². The predicted octanol–water partition coefficient (Wildman–Crippen LogP) is 7.52. The number of nitrogens with one attached hydrogen (secondary N) is 1. The molecule has 252 valence electrons. The number of Topliss-reactive ketones (excluding diaryl/α,β-unsaturated/α-hetero) is 1. The maximum absolute atomic E-state index is 13.9. The molecular weight excluding hydrogens is 662 g/mol. The Bertz CT molecular complexity index is 2070. The number of carbonyl (C=O) groups excluding carboxylic acids is 2. The van der Waals surface area contributed by atoms with E-state index >= 15 is 0 Å². The van der Waals surface area contributed by atoms with E-state index in [1.54, 1.807) is 30.3 Å². The van der Waals surface area contributed by atoms with Gasteiger partial charge in [0, 0.05) is 29.3 Å². The second-order valence-corrected chi connectivity index (χ2v) is 10.7. The van der Waals surface area contributed by atoms with Gasteiger partial charge >= 0.3 is 24.3 Å². The van der Waals surface area contributed by atoms with Crippen LogP contribution >= 0.6 is 0 Å². The van der Waals surface area contributed by atoms with Crippen LogP contribution < -0.4 is 10.1 Å². The number of nitrogens with zero attached hydrogens (tertiary/aromatic N) is 1. The molecule has 15 heteroatoms. The number of ketones is 1. The zero-order valence-electron chi connectivity index (χ0n) is 24.7. The number of alkyl halides is 6. The molecule has 0 unspecified atom stereocenters. The van der Waals surface area contributed by atoms with Gasteiger partial charge in [0.2, 0.25) is 0 Å². The number of aromatic carboxylic acids is 2. The van der Waals surface area contributed by atoms with Crippen LogP contribution in [0.2, 0.25) is 0 Å². The number of carboxylic acids is 2. The molecule has 0 saturated carbocycles. The van der Waals surface area contributed by atoms with Crippen molar-refractivity contribution < 1.29 is 60.5 Å². The van der Waals surface area contributed by atoms with Gasteiger partial charge in [0.25, 0.3) is 11.7 Å². The van der Waals surface area contributed by atoms with E-state index in [0.29, 0.717) is 12.1 Å². The number of hydrogen-bond donors (Lipinski definition) is 3. The first-order chi connectivity index (χ1) is 23.0. The number of rotatable bonds is 10. The van der Waals surface area contributed by atoms with Gasteiger partial charge in [0.15, 0.2) is 0 Å². The molecule has 0 aliphatic carbocycles. The Morgan fingerprint density at radius 1 is 0.755 bits per heavy atom. The van der Waals surface area contributed by atoms with Crippen molar-refractivity contribution in [1.82, 2.24) is 4.57 Å². The quantitative estimate of drug-likeness (QED) is 0.0787. The van der Waals surface area contributed by atoms with Crippen molar-refractivity contribution in [2.24, 2.45) is 0 Å². The number of ether oxygens (including phenoxy) is 1. The van der Waals surface area contributed by atoms with Crippen molar-refractivity contribution >= 4 is 40.2 Å². The largest absolute Gasteiger partial charge is 0.489 e. The van der Waals surface area contributed by atoms with Crippen LogP contribution in [0.15, 0.2) is 91.1 Å². The molecule has 0 fully saturated rings.